The molecule has 0 aromatic heterocycles. The second-order valence-corrected chi connectivity index (χ2v) is 5.53. The Kier molecular flexibility index (Phi) is 5.68. The molecule has 0 bridgehead atoms. The number of rotatable bonds is 7. The van der Waals surface area contributed by atoms with E-state index in [4.69, 9.17) is 4.74 Å². The minimum Gasteiger partial charge on any atom is -0.504 e. The fraction of sp³-hybridized carbons (Fsp3) is 0.625. The summed E-state index contributed by atoms with van der Waals surface area (Å²) in [5.41, 5.74) is 1.19. The van der Waals surface area contributed by atoms with E-state index in [1.807, 2.05) is 12.1 Å². The lowest BCUT2D eigenvalue weighted by molar-refractivity contribution is 0.241. The van der Waals surface area contributed by atoms with Crippen LogP contribution < -0.4 is 10.1 Å². The van der Waals surface area contributed by atoms with Gasteiger partial charge in [0, 0.05) is 19.1 Å². The summed E-state index contributed by atoms with van der Waals surface area (Å²) in [5.74, 6) is 0.758. The van der Waals surface area contributed by atoms with E-state index in [1.54, 1.807) is 13.2 Å². The van der Waals surface area contributed by atoms with Gasteiger partial charge < -0.3 is 15.2 Å². The van der Waals surface area contributed by atoms with Gasteiger partial charge in [0.1, 0.15) is 0 Å². The van der Waals surface area contributed by atoms with Gasteiger partial charge in [-0.25, -0.2) is 0 Å². The number of hydrogen-bond acceptors (Lipinski definition) is 4. The number of methoxy groups -OCH3 is 1. The van der Waals surface area contributed by atoms with E-state index in [1.165, 1.54) is 18.4 Å². The van der Waals surface area contributed by atoms with Crippen molar-refractivity contribution in [2.75, 3.05) is 26.7 Å². The van der Waals surface area contributed by atoms with Gasteiger partial charge in [0.05, 0.1) is 7.11 Å². The molecule has 112 valence electrons. The van der Waals surface area contributed by atoms with Gasteiger partial charge in [-0.3, -0.25) is 4.90 Å². The lowest BCUT2D eigenvalue weighted by atomic mass is 10.1. The average Bonchev–Trinajstić information content (AvgIpc) is 2.94. The predicted molar refractivity (Wildman–Crippen MR) is 81.3 cm³/mol. The molecule has 1 aromatic rings. The molecular weight excluding hydrogens is 252 g/mol. The number of phenols is 1. The Balaban J connectivity index is 1.99. The summed E-state index contributed by atoms with van der Waals surface area (Å²) in [6.45, 7) is 6.46. The van der Waals surface area contributed by atoms with Gasteiger partial charge in [-0.2, -0.15) is 0 Å². The van der Waals surface area contributed by atoms with Crippen LogP contribution in [0.1, 0.15) is 31.7 Å². The van der Waals surface area contributed by atoms with Crippen molar-refractivity contribution >= 4 is 0 Å². The van der Waals surface area contributed by atoms with Crippen molar-refractivity contribution < 1.29 is 9.84 Å². The van der Waals surface area contributed by atoms with E-state index in [2.05, 4.69) is 17.1 Å². The highest BCUT2D eigenvalue weighted by molar-refractivity contribution is 5.41. The molecule has 0 amide bonds. The molecule has 1 atom stereocenters. The standard InChI is InChI=1S/C16H26N2O2/c1-3-9-18(12-14-5-4-8-17-14)11-13-6-7-15(19)16(10-13)20-2/h6-7,10,14,17,19H,3-5,8-9,11-12H2,1-2H3. The fourth-order valence-corrected chi connectivity index (χ4v) is 2.85. The molecule has 1 aliphatic rings. The summed E-state index contributed by atoms with van der Waals surface area (Å²) >= 11 is 0. The van der Waals surface area contributed by atoms with Crippen LogP contribution >= 0.6 is 0 Å². The fourth-order valence-electron chi connectivity index (χ4n) is 2.85. The first-order chi connectivity index (χ1) is 9.72. The van der Waals surface area contributed by atoms with E-state index >= 15 is 0 Å². The van der Waals surface area contributed by atoms with Gasteiger partial charge in [0.25, 0.3) is 0 Å². The lowest BCUT2D eigenvalue weighted by Crippen LogP contribution is -2.37. The van der Waals surface area contributed by atoms with Crippen molar-refractivity contribution in [3.63, 3.8) is 0 Å². The molecule has 0 aliphatic carbocycles. The summed E-state index contributed by atoms with van der Waals surface area (Å²) < 4.78 is 5.18. The number of ether oxygens (including phenoxy) is 1. The quantitative estimate of drug-likeness (QED) is 0.804. The van der Waals surface area contributed by atoms with E-state index in [9.17, 15) is 5.11 Å². The van der Waals surface area contributed by atoms with Crippen LogP contribution in [-0.4, -0.2) is 42.8 Å². The summed E-state index contributed by atoms with van der Waals surface area (Å²) in [6, 6.07) is 6.25. The summed E-state index contributed by atoms with van der Waals surface area (Å²) in [4.78, 5) is 2.48. The zero-order valence-corrected chi connectivity index (χ0v) is 12.6. The van der Waals surface area contributed by atoms with Gasteiger partial charge in [0.15, 0.2) is 11.5 Å². The van der Waals surface area contributed by atoms with Crippen LogP contribution in [0.25, 0.3) is 0 Å². The molecule has 20 heavy (non-hydrogen) atoms. The Morgan fingerprint density at radius 3 is 2.95 bits per heavy atom. The van der Waals surface area contributed by atoms with E-state index in [0.717, 1.165) is 32.6 Å². The maximum atomic E-state index is 9.65. The average molecular weight is 278 g/mol. The van der Waals surface area contributed by atoms with Gasteiger partial charge in [-0.05, 0) is 50.0 Å². The normalized spacial score (nSPS) is 18.6. The van der Waals surface area contributed by atoms with Crippen molar-refractivity contribution in [1.29, 1.82) is 0 Å². The van der Waals surface area contributed by atoms with E-state index in [0.29, 0.717) is 11.8 Å². The molecule has 2 rings (SSSR count). The Hall–Kier alpha value is -1.26. The molecule has 4 nitrogen and oxygen atoms in total. The predicted octanol–water partition coefficient (Wildman–Crippen LogP) is 2.36. The molecule has 0 spiro atoms. The van der Waals surface area contributed by atoms with E-state index in [-0.39, 0.29) is 5.75 Å². The lowest BCUT2D eigenvalue weighted by Gasteiger charge is -2.25. The van der Waals surface area contributed by atoms with Gasteiger partial charge in [-0.15, -0.1) is 0 Å². The van der Waals surface area contributed by atoms with Crippen LogP contribution in [-0.2, 0) is 6.54 Å². The highest BCUT2D eigenvalue weighted by Gasteiger charge is 2.18. The van der Waals surface area contributed by atoms with E-state index < -0.39 is 0 Å². The second kappa shape index (κ2) is 7.50. The molecule has 1 fully saturated rings. The topological polar surface area (TPSA) is 44.7 Å². The Labute approximate surface area is 121 Å². The van der Waals surface area contributed by atoms with Crippen LogP contribution in [0.2, 0.25) is 0 Å². The monoisotopic (exact) mass is 278 g/mol. The molecule has 1 unspecified atom stereocenters. The van der Waals surface area contributed by atoms with Gasteiger partial charge in [0.2, 0.25) is 0 Å². The van der Waals surface area contributed by atoms with Crippen LogP contribution in [0.3, 0.4) is 0 Å². The smallest absolute Gasteiger partial charge is 0.160 e. The number of nitrogens with zero attached hydrogens (tertiary/aromatic N) is 1. The third-order valence-corrected chi connectivity index (χ3v) is 3.83. The number of benzene rings is 1. The molecule has 4 heteroatoms. The number of aromatic hydroxyl groups is 1. The van der Waals surface area contributed by atoms with Crippen molar-refractivity contribution in [3.8, 4) is 11.5 Å². The van der Waals surface area contributed by atoms with Crippen LogP contribution in [0.4, 0.5) is 0 Å². The third-order valence-electron chi connectivity index (χ3n) is 3.83. The minimum absolute atomic E-state index is 0.204. The highest BCUT2D eigenvalue weighted by atomic mass is 16.5. The third kappa shape index (κ3) is 4.12. The highest BCUT2D eigenvalue weighted by Crippen LogP contribution is 2.27. The molecule has 1 saturated heterocycles. The summed E-state index contributed by atoms with van der Waals surface area (Å²) in [5, 5.41) is 13.2. The maximum Gasteiger partial charge on any atom is 0.160 e. The van der Waals surface area contributed by atoms with Crippen LogP contribution in [0.5, 0.6) is 11.5 Å². The van der Waals surface area contributed by atoms with Crippen LogP contribution in [0, 0.1) is 0 Å². The SMILES string of the molecule is CCCN(Cc1ccc(O)c(OC)c1)CC1CCCN1. The summed E-state index contributed by atoms with van der Waals surface area (Å²) in [7, 11) is 1.59. The Bertz CT molecular complexity index is 417. The summed E-state index contributed by atoms with van der Waals surface area (Å²) in [6.07, 6.45) is 3.72. The number of phenolic OH excluding ortho intramolecular Hbond substituents is 1. The van der Waals surface area contributed by atoms with Gasteiger partial charge >= 0.3 is 0 Å². The number of hydrogen-bond donors (Lipinski definition) is 2. The first kappa shape index (κ1) is 15.1. The zero-order valence-electron chi connectivity index (χ0n) is 12.6. The molecular formula is C16H26N2O2. The molecule has 1 aromatic carbocycles. The van der Waals surface area contributed by atoms with Crippen molar-refractivity contribution in [2.45, 2.75) is 38.8 Å². The number of nitrogens with one attached hydrogen (secondary N) is 1. The van der Waals surface area contributed by atoms with Crippen molar-refractivity contribution in [3.05, 3.63) is 23.8 Å². The second-order valence-electron chi connectivity index (χ2n) is 5.53. The van der Waals surface area contributed by atoms with Crippen molar-refractivity contribution in [2.24, 2.45) is 0 Å². The first-order valence-electron chi connectivity index (χ1n) is 7.54. The molecule has 0 radical (unpaired) electrons. The molecule has 1 heterocycles. The Morgan fingerprint density at radius 2 is 2.30 bits per heavy atom. The first-order valence-corrected chi connectivity index (χ1v) is 7.54. The molecule has 2 N–H and O–H groups in total. The van der Waals surface area contributed by atoms with Crippen LogP contribution in [0.15, 0.2) is 18.2 Å². The largest absolute Gasteiger partial charge is 0.504 e. The zero-order chi connectivity index (χ0) is 14.4. The maximum absolute atomic E-state index is 9.65. The molecule has 1 aliphatic heterocycles. The van der Waals surface area contributed by atoms with Gasteiger partial charge in [-0.1, -0.05) is 13.0 Å². The van der Waals surface area contributed by atoms with Crippen molar-refractivity contribution in [1.82, 2.24) is 10.2 Å². The minimum atomic E-state index is 0.204. The Morgan fingerprint density at radius 1 is 1.45 bits per heavy atom. The molecule has 0 saturated carbocycles.